The van der Waals surface area contributed by atoms with Crippen LogP contribution < -0.4 is 5.32 Å². The highest BCUT2D eigenvalue weighted by Gasteiger charge is 2.11. The van der Waals surface area contributed by atoms with E-state index in [4.69, 9.17) is 16.3 Å². The minimum atomic E-state index is -0.409. The average Bonchev–Trinajstić information content (AvgIpc) is 2.56. The molecule has 7 heteroatoms. The number of halogens is 1. The summed E-state index contributed by atoms with van der Waals surface area (Å²) in [5.74, 6) is 0.398. The number of anilines is 2. The van der Waals surface area contributed by atoms with Gasteiger partial charge in [-0.25, -0.2) is 19.7 Å². The molecule has 23 heavy (non-hydrogen) atoms. The molecule has 0 aliphatic rings. The van der Waals surface area contributed by atoms with Crippen molar-refractivity contribution < 1.29 is 9.53 Å². The Morgan fingerprint density at radius 3 is 2.70 bits per heavy atom. The first kappa shape index (κ1) is 15.2. The highest BCUT2D eigenvalue weighted by atomic mass is 35.5. The molecule has 1 aromatic carbocycles. The van der Waals surface area contributed by atoms with Crippen LogP contribution in [0.4, 0.5) is 11.6 Å². The Morgan fingerprint density at radius 1 is 1.22 bits per heavy atom. The zero-order chi connectivity index (χ0) is 16.2. The van der Waals surface area contributed by atoms with Crippen molar-refractivity contribution in [2.75, 3.05) is 11.9 Å². The summed E-state index contributed by atoms with van der Waals surface area (Å²) in [5, 5.41) is 3.21. The van der Waals surface area contributed by atoms with E-state index in [0.717, 1.165) is 0 Å². The molecular weight excluding hydrogens is 316 g/mol. The van der Waals surface area contributed by atoms with Gasteiger partial charge in [0.25, 0.3) is 0 Å². The Kier molecular flexibility index (Phi) is 4.34. The van der Waals surface area contributed by atoms with E-state index in [1.165, 1.54) is 6.20 Å². The van der Waals surface area contributed by atoms with E-state index in [2.05, 4.69) is 20.3 Å². The Morgan fingerprint density at radius 2 is 1.96 bits per heavy atom. The quantitative estimate of drug-likeness (QED) is 0.737. The maximum atomic E-state index is 11.8. The van der Waals surface area contributed by atoms with Gasteiger partial charge in [0.05, 0.1) is 23.2 Å². The van der Waals surface area contributed by atoms with Crippen LogP contribution >= 0.6 is 11.6 Å². The van der Waals surface area contributed by atoms with Crippen LogP contribution in [0.5, 0.6) is 0 Å². The molecule has 0 bridgehead atoms. The van der Waals surface area contributed by atoms with Crippen molar-refractivity contribution in [3.63, 3.8) is 0 Å². The predicted molar refractivity (Wildman–Crippen MR) is 88.0 cm³/mol. The van der Waals surface area contributed by atoms with Gasteiger partial charge in [-0.1, -0.05) is 23.7 Å². The molecular formula is C16H13ClN4O2. The summed E-state index contributed by atoms with van der Waals surface area (Å²) in [7, 11) is 0. The van der Waals surface area contributed by atoms with E-state index in [1.807, 2.05) is 24.3 Å². The second-order valence-corrected chi connectivity index (χ2v) is 4.98. The van der Waals surface area contributed by atoms with Crippen LogP contribution in [0.15, 0.2) is 42.6 Å². The van der Waals surface area contributed by atoms with Gasteiger partial charge in [-0.3, -0.25) is 0 Å². The molecule has 0 spiro atoms. The first-order chi connectivity index (χ1) is 11.2. The van der Waals surface area contributed by atoms with Gasteiger partial charge in [0.2, 0.25) is 0 Å². The zero-order valence-electron chi connectivity index (χ0n) is 12.3. The molecule has 0 atom stereocenters. The summed E-state index contributed by atoms with van der Waals surface area (Å²) >= 11 is 6.15. The van der Waals surface area contributed by atoms with Crippen molar-refractivity contribution in [1.82, 2.24) is 15.0 Å². The normalized spacial score (nSPS) is 10.5. The monoisotopic (exact) mass is 328 g/mol. The number of ether oxygens (including phenoxy) is 1. The largest absolute Gasteiger partial charge is 0.462 e. The summed E-state index contributed by atoms with van der Waals surface area (Å²) in [6.07, 6.45) is 1.51. The SMILES string of the molecule is CCOC(=O)c1ccnc(Nc2nc3ccccc3nc2Cl)c1. The number of para-hydroxylation sites is 2. The average molecular weight is 329 g/mol. The van der Waals surface area contributed by atoms with E-state index < -0.39 is 5.97 Å². The lowest BCUT2D eigenvalue weighted by Crippen LogP contribution is -2.06. The Bertz CT molecular complexity index is 870. The Balaban J connectivity index is 1.91. The lowest BCUT2D eigenvalue weighted by molar-refractivity contribution is 0.0526. The summed E-state index contributed by atoms with van der Waals surface area (Å²) in [6.45, 7) is 2.06. The number of esters is 1. The van der Waals surface area contributed by atoms with Crippen molar-refractivity contribution in [1.29, 1.82) is 0 Å². The van der Waals surface area contributed by atoms with Gasteiger partial charge in [0.15, 0.2) is 11.0 Å². The van der Waals surface area contributed by atoms with Gasteiger partial charge in [-0.15, -0.1) is 0 Å². The first-order valence-corrected chi connectivity index (χ1v) is 7.37. The van der Waals surface area contributed by atoms with E-state index in [-0.39, 0.29) is 5.15 Å². The molecule has 0 saturated heterocycles. The fourth-order valence-electron chi connectivity index (χ4n) is 2.02. The number of aromatic nitrogens is 3. The fourth-order valence-corrected chi connectivity index (χ4v) is 2.20. The van der Waals surface area contributed by atoms with Gasteiger partial charge in [-0.2, -0.15) is 0 Å². The van der Waals surface area contributed by atoms with Crippen LogP contribution in [0.3, 0.4) is 0 Å². The fraction of sp³-hybridized carbons (Fsp3) is 0.125. The lowest BCUT2D eigenvalue weighted by Gasteiger charge is -2.08. The van der Waals surface area contributed by atoms with Gasteiger partial charge < -0.3 is 10.1 Å². The van der Waals surface area contributed by atoms with Crippen LogP contribution in [-0.4, -0.2) is 27.5 Å². The van der Waals surface area contributed by atoms with Crippen LogP contribution in [0.1, 0.15) is 17.3 Å². The molecule has 0 fully saturated rings. The molecule has 0 amide bonds. The van der Waals surface area contributed by atoms with E-state index in [9.17, 15) is 4.79 Å². The van der Waals surface area contributed by atoms with Gasteiger partial charge in [0.1, 0.15) is 5.82 Å². The number of rotatable bonds is 4. The minimum absolute atomic E-state index is 0.229. The van der Waals surface area contributed by atoms with E-state index >= 15 is 0 Å². The predicted octanol–water partition coefficient (Wildman–Crippen LogP) is 3.60. The third-order valence-electron chi connectivity index (χ3n) is 3.05. The van der Waals surface area contributed by atoms with Crippen LogP contribution in [-0.2, 0) is 4.74 Å². The topological polar surface area (TPSA) is 77.0 Å². The maximum Gasteiger partial charge on any atom is 0.338 e. The highest BCUT2D eigenvalue weighted by Crippen LogP contribution is 2.24. The molecule has 0 saturated carbocycles. The molecule has 6 nitrogen and oxygen atoms in total. The number of hydrogen-bond acceptors (Lipinski definition) is 6. The Labute approximate surface area is 137 Å². The number of pyridine rings is 1. The zero-order valence-corrected chi connectivity index (χ0v) is 13.0. The molecule has 0 aliphatic carbocycles. The number of nitrogens with zero attached hydrogens (tertiary/aromatic N) is 3. The van der Waals surface area contributed by atoms with Crippen LogP contribution in [0.2, 0.25) is 5.15 Å². The number of carbonyl (C=O) groups is 1. The smallest absolute Gasteiger partial charge is 0.338 e. The summed E-state index contributed by atoms with van der Waals surface area (Å²) in [5.41, 5.74) is 1.81. The van der Waals surface area contributed by atoms with Gasteiger partial charge >= 0.3 is 5.97 Å². The second-order valence-electron chi connectivity index (χ2n) is 4.63. The molecule has 0 aliphatic heterocycles. The van der Waals surface area contributed by atoms with Crippen molar-refractivity contribution in [2.24, 2.45) is 0 Å². The van der Waals surface area contributed by atoms with Gasteiger partial charge in [0, 0.05) is 6.20 Å². The standard InChI is InChI=1S/C16H13ClN4O2/c1-2-23-16(22)10-7-8-18-13(9-10)21-15-14(17)19-11-5-3-4-6-12(11)20-15/h3-9H,2H2,1H3,(H,18,20,21). The third kappa shape index (κ3) is 3.37. The number of hydrogen-bond donors (Lipinski definition) is 1. The molecule has 2 heterocycles. The minimum Gasteiger partial charge on any atom is -0.462 e. The van der Waals surface area contributed by atoms with Crippen molar-refractivity contribution in [2.45, 2.75) is 6.92 Å². The summed E-state index contributed by atoms with van der Waals surface area (Å²) in [4.78, 5) is 24.6. The third-order valence-corrected chi connectivity index (χ3v) is 3.31. The number of benzene rings is 1. The first-order valence-electron chi connectivity index (χ1n) is 7.00. The lowest BCUT2D eigenvalue weighted by atomic mass is 10.2. The van der Waals surface area contributed by atoms with Crippen LogP contribution in [0.25, 0.3) is 11.0 Å². The van der Waals surface area contributed by atoms with Crippen molar-refractivity contribution in [3.05, 3.63) is 53.3 Å². The van der Waals surface area contributed by atoms with Crippen molar-refractivity contribution >= 4 is 40.2 Å². The maximum absolute atomic E-state index is 11.8. The van der Waals surface area contributed by atoms with Crippen molar-refractivity contribution in [3.8, 4) is 0 Å². The molecule has 0 unspecified atom stereocenters. The van der Waals surface area contributed by atoms with Gasteiger partial charge in [-0.05, 0) is 31.2 Å². The number of fused-ring (bicyclic) bond motifs is 1. The number of nitrogens with one attached hydrogen (secondary N) is 1. The van der Waals surface area contributed by atoms with Crippen LogP contribution in [0, 0.1) is 0 Å². The molecule has 3 aromatic rings. The van der Waals surface area contributed by atoms with E-state index in [0.29, 0.717) is 34.8 Å². The summed E-state index contributed by atoms with van der Waals surface area (Å²) < 4.78 is 4.97. The molecule has 1 N–H and O–H groups in total. The molecule has 0 radical (unpaired) electrons. The second kappa shape index (κ2) is 6.58. The molecule has 116 valence electrons. The highest BCUT2D eigenvalue weighted by molar-refractivity contribution is 6.32. The molecule has 3 rings (SSSR count). The number of carbonyl (C=O) groups excluding carboxylic acids is 1. The summed E-state index contributed by atoms with van der Waals surface area (Å²) in [6, 6.07) is 10.6. The van der Waals surface area contributed by atoms with E-state index in [1.54, 1.807) is 19.1 Å². The Hall–Kier alpha value is -2.73. The molecule has 2 aromatic heterocycles.